The highest BCUT2D eigenvalue weighted by Crippen LogP contribution is 2.26. The van der Waals surface area contributed by atoms with Gasteiger partial charge in [-0.1, -0.05) is 18.2 Å². The highest BCUT2D eigenvalue weighted by Gasteiger charge is 2.05. The zero-order chi connectivity index (χ0) is 16.7. The van der Waals surface area contributed by atoms with Gasteiger partial charge in [0.2, 0.25) is 0 Å². The summed E-state index contributed by atoms with van der Waals surface area (Å²) in [5.41, 5.74) is 2.32. The minimum Gasteiger partial charge on any atom is -0.508 e. The van der Waals surface area contributed by atoms with Crippen LogP contribution >= 0.6 is 0 Å². The second-order valence-electron chi connectivity index (χ2n) is 5.82. The van der Waals surface area contributed by atoms with Gasteiger partial charge in [0.1, 0.15) is 5.75 Å². The van der Waals surface area contributed by atoms with Crippen LogP contribution in [-0.2, 0) is 12.8 Å². The summed E-state index contributed by atoms with van der Waals surface area (Å²) in [7, 11) is 1.55. The monoisotopic (exact) mass is 315 g/mol. The quantitative estimate of drug-likeness (QED) is 0.700. The molecular formula is C19H25NO3. The number of hydrogen-bond donors (Lipinski definition) is 3. The summed E-state index contributed by atoms with van der Waals surface area (Å²) in [5.74, 6) is 0.997. The number of phenols is 2. The molecule has 4 heteroatoms. The standard InChI is InChI=1S/C19H25NO3/c1-14(3-4-15-5-8-17(21)9-6-15)20-12-11-16-7-10-19(23-2)18(22)13-16/h5-10,13-14,20-22H,3-4,11-12H2,1-2H3. The van der Waals surface area contributed by atoms with Crippen molar-refractivity contribution in [3.63, 3.8) is 0 Å². The molecule has 23 heavy (non-hydrogen) atoms. The van der Waals surface area contributed by atoms with Crippen LogP contribution in [0.4, 0.5) is 0 Å². The average Bonchev–Trinajstić information content (AvgIpc) is 2.54. The second-order valence-corrected chi connectivity index (χ2v) is 5.82. The third kappa shape index (κ3) is 5.49. The Hall–Kier alpha value is -2.20. The van der Waals surface area contributed by atoms with E-state index in [1.165, 1.54) is 5.56 Å². The van der Waals surface area contributed by atoms with Crippen LogP contribution in [0.1, 0.15) is 24.5 Å². The van der Waals surface area contributed by atoms with E-state index >= 15 is 0 Å². The lowest BCUT2D eigenvalue weighted by Crippen LogP contribution is -2.28. The molecule has 3 N–H and O–H groups in total. The summed E-state index contributed by atoms with van der Waals surface area (Å²) in [6.45, 7) is 3.04. The van der Waals surface area contributed by atoms with Crippen LogP contribution in [0.3, 0.4) is 0 Å². The van der Waals surface area contributed by atoms with Crippen LogP contribution < -0.4 is 10.1 Å². The van der Waals surface area contributed by atoms with Gasteiger partial charge in [-0.15, -0.1) is 0 Å². The first-order chi connectivity index (χ1) is 11.1. The van der Waals surface area contributed by atoms with Crippen molar-refractivity contribution in [3.05, 3.63) is 53.6 Å². The molecule has 0 bridgehead atoms. The SMILES string of the molecule is COc1ccc(CCNC(C)CCc2ccc(O)cc2)cc1O. The molecule has 0 saturated carbocycles. The van der Waals surface area contributed by atoms with Crippen molar-refractivity contribution in [3.8, 4) is 17.2 Å². The Labute approximate surface area is 137 Å². The molecule has 0 saturated heterocycles. The van der Waals surface area contributed by atoms with Gasteiger partial charge in [-0.3, -0.25) is 0 Å². The van der Waals surface area contributed by atoms with E-state index in [2.05, 4.69) is 12.2 Å². The maximum absolute atomic E-state index is 9.77. The number of aromatic hydroxyl groups is 2. The lowest BCUT2D eigenvalue weighted by molar-refractivity contribution is 0.373. The largest absolute Gasteiger partial charge is 0.508 e. The number of aryl methyl sites for hydroxylation is 1. The summed E-state index contributed by atoms with van der Waals surface area (Å²) in [5, 5.41) is 22.5. The Morgan fingerprint density at radius 3 is 2.35 bits per heavy atom. The Balaban J connectivity index is 1.71. The minimum atomic E-state index is 0.186. The third-order valence-electron chi connectivity index (χ3n) is 3.95. The molecule has 0 heterocycles. The number of rotatable bonds is 8. The lowest BCUT2D eigenvalue weighted by Gasteiger charge is -2.14. The summed E-state index contributed by atoms with van der Waals surface area (Å²) in [6, 6.07) is 13.3. The zero-order valence-corrected chi connectivity index (χ0v) is 13.7. The van der Waals surface area contributed by atoms with Crippen molar-refractivity contribution in [1.29, 1.82) is 0 Å². The maximum atomic E-state index is 9.77. The molecule has 0 amide bonds. The highest BCUT2D eigenvalue weighted by atomic mass is 16.5. The fourth-order valence-corrected chi connectivity index (χ4v) is 2.50. The molecule has 0 aliphatic rings. The predicted molar refractivity (Wildman–Crippen MR) is 92.3 cm³/mol. The van der Waals surface area contributed by atoms with Gasteiger partial charge < -0.3 is 20.3 Å². The molecule has 0 aliphatic carbocycles. The summed E-state index contributed by atoms with van der Waals surface area (Å²) >= 11 is 0. The third-order valence-corrected chi connectivity index (χ3v) is 3.95. The zero-order valence-electron chi connectivity index (χ0n) is 13.7. The molecule has 2 rings (SSSR count). The van der Waals surface area contributed by atoms with E-state index in [0.717, 1.165) is 31.4 Å². The van der Waals surface area contributed by atoms with Gasteiger partial charge in [-0.25, -0.2) is 0 Å². The Morgan fingerprint density at radius 1 is 1.00 bits per heavy atom. The Morgan fingerprint density at radius 2 is 1.70 bits per heavy atom. The van der Waals surface area contributed by atoms with Gasteiger partial charge in [-0.05, 0) is 68.1 Å². The number of nitrogens with one attached hydrogen (secondary N) is 1. The van der Waals surface area contributed by atoms with E-state index in [4.69, 9.17) is 4.74 Å². The van der Waals surface area contributed by atoms with E-state index in [1.807, 2.05) is 18.2 Å². The molecule has 0 fully saturated rings. The number of methoxy groups -OCH3 is 1. The normalized spacial score (nSPS) is 12.1. The van der Waals surface area contributed by atoms with Crippen LogP contribution in [0.15, 0.2) is 42.5 Å². The predicted octanol–water partition coefficient (Wildman–Crippen LogP) is 3.26. The number of phenolic OH excluding ortho intramolecular Hbond substituents is 2. The lowest BCUT2D eigenvalue weighted by atomic mass is 10.1. The van der Waals surface area contributed by atoms with Crippen molar-refractivity contribution in [2.45, 2.75) is 32.2 Å². The van der Waals surface area contributed by atoms with E-state index in [9.17, 15) is 10.2 Å². The van der Waals surface area contributed by atoms with E-state index in [-0.39, 0.29) is 5.75 Å². The number of hydrogen-bond acceptors (Lipinski definition) is 4. The molecule has 124 valence electrons. The van der Waals surface area contributed by atoms with Crippen LogP contribution in [0.5, 0.6) is 17.2 Å². The van der Waals surface area contributed by atoms with Gasteiger partial charge >= 0.3 is 0 Å². The molecule has 0 spiro atoms. The first-order valence-electron chi connectivity index (χ1n) is 7.95. The van der Waals surface area contributed by atoms with E-state index < -0.39 is 0 Å². The van der Waals surface area contributed by atoms with Crippen molar-refractivity contribution < 1.29 is 14.9 Å². The maximum Gasteiger partial charge on any atom is 0.160 e. The van der Waals surface area contributed by atoms with Gasteiger partial charge in [0, 0.05) is 6.04 Å². The van der Waals surface area contributed by atoms with Crippen LogP contribution in [-0.4, -0.2) is 29.9 Å². The molecule has 0 aromatic heterocycles. The van der Waals surface area contributed by atoms with E-state index in [1.54, 1.807) is 31.4 Å². The molecule has 2 aromatic rings. The number of benzene rings is 2. The molecule has 1 atom stereocenters. The second kappa shape index (κ2) is 8.44. The van der Waals surface area contributed by atoms with Gasteiger partial charge in [-0.2, -0.15) is 0 Å². The fraction of sp³-hybridized carbons (Fsp3) is 0.368. The summed E-state index contributed by atoms with van der Waals surface area (Å²) in [4.78, 5) is 0. The van der Waals surface area contributed by atoms with Crippen molar-refractivity contribution in [2.24, 2.45) is 0 Å². The first kappa shape index (κ1) is 17.2. The Bertz CT molecular complexity index is 611. The van der Waals surface area contributed by atoms with Gasteiger partial charge in [0.05, 0.1) is 7.11 Å². The van der Waals surface area contributed by atoms with Crippen LogP contribution in [0.2, 0.25) is 0 Å². The van der Waals surface area contributed by atoms with Gasteiger partial charge in [0.15, 0.2) is 11.5 Å². The highest BCUT2D eigenvalue weighted by molar-refractivity contribution is 5.41. The molecule has 4 nitrogen and oxygen atoms in total. The number of ether oxygens (including phenoxy) is 1. The molecule has 0 aliphatic heterocycles. The molecule has 1 unspecified atom stereocenters. The molecular weight excluding hydrogens is 290 g/mol. The smallest absolute Gasteiger partial charge is 0.160 e. The van der Waals surface area contributed by atoms with E-state index in [0.29, 0.717) is 17.5 Å². The van der Waals surface area contributed by atoms with Crippen LogP contribution in [0.25, 0.3) is 0 Å². The topological polar surface area (TPSA) is 61.7 Å². The average molecular weight is 315 g/mol. The van der Waals surface area contributed by atoms with Crippen molar-refractivity contribution >= 4 is 0 Å². The van der Waals surface area contributed by atoms with Crippen molar-refractivity contribution in [2.75, 3.05) is 13.7 Å². The Kier molecular flexibility index (Phi) is 6.29. The molecule has 2 aromatic carbocycles. The minimum absolute atomic E-state index is 0.186. The van der Waals surface area contributed by atoms with Crippen molar-refractivity contribution in [1.82, 2.24) is 5.32 Å². The van der Waals surface area contributed by atoms with Crippen LogP contribution in [0, 0.1) is 0 Å². The fourth-order valence-electron chi connectivity index (χ4n) is 2.50. The summed E-state index contributed by atoms with van der Waals surface area (Å²) < 4.78 is 5.04. The first-order valence-corrected chi connectivity index (χ1v) is 7.95. The van der Waals surface area contributed by atoms with Gasteiger partial charge in [0.25, 0.3) is 0 Å². The molecule has 0 radical (unpaired) electrons. The summed E-state index contributed by atoms with van der Waals surface area (Å²) in [6.07, 6.45) is 2.89.